The number of fused-ring (bicyclic) bond motifs is 1. The van der Waals surface area contributed by atoms with Crippen LogP contribution in [0.5, 0.6) is 0 Å². The second-order valence-corrected chi connectivity index (χ2v) is 6.13. The van der Waals surface area contributed by atoms with Crippen LogP contribution in [0.1, 0.15) is 27.2 Å². The van der Waals surface area contributed by atoms with E-state index < -0.39 is 47.7 Å². The van der Waals surface area contributed by atoms with E-state index in [1.54, 1.807) is 6.92 Å². The van der Waals surface area contributed by atoms with Gasteiger partial charge in [-0.05, 0) is 20.8 Å². The number of hydrogen-bond acceptors (Lipinski definition) is 7. The highest BCUT2D eigenvalue weighted by Gasteiger charge is 2.77. The maximum absolute atomic E-state index is 12.1. The standard InChI is InChI=1S/C15H18O7/c1-6(2)7(3)12(16)21-9-8-5-15(13(17)19-4)11(20-8)10(9)22-14(15)18/h8-11H,5H2,1-4H3. The van der Waals surface area contributed by atoms with Gasteiger partial charge in [0.25, 0.3) is 0 Å². The van der Waals surface area contributed by atoms with E-state index in [9.17, 15) is 14.4 Å². The van der Waals surface area contributed by atoms with E-state index in [2.05, 4.69) is 0 Å². The van der Waals surface area contributed by atoms with Crippen molar-refractivity contribution in [3.8, 4) is 0 Å². The van der Waals surface area contributed by atoms with Gasteiger partial charge in [-0.1, -0.05) is 5.57 Å². The molecule has 0 aliphatic carbocycles. The Hall–Kier alpha value is -1.89. The summed E-state index contributed by atoms with van der Waals surface area (Å²) in [5.74, 6) is -1.78. The fourth-order valence-electron chi connectivity index (χ4n) is 3.30. The molecule has 5 unspecified atom stereocenters. The molecule has 120 valence electrons. The molecule has 2 bridgehead atoms. The lowest BCUT2D eigenvalue weighted by Crippen LogP contribution is -2.49. The first kappa shape index (κ1) is 15.0. The Labute approximate surface area is 127 Å². The van der Waals surface area contributed by atoms with Gasteiger partial charge < -0.3 is 18.9 Å². The van der Waals surface area contributed by atoms with Crippen molar-refractivity contribution in [1.82, 2.24) is 0 Å². The van der Waals surface area contributed by atoms with E-state index in [0.29, 0.717) is 5.57 Å². The van der Waals surface area contributed by atoms with Gasteiger partial charge in [0.05, 0.1) is 7.11 Å². The predicted octanol–water partition coefficient (Wildman–Crippen LogP) is 0.510. The van der Waals surface area contributed by atoms with Crippen LogP contribution < -0.4 is 0 Å². The predicted molar refractivity (Wildman–Crippen MR) is 71.5 cm³/mol. The molecule has 0 amide bonds. The quantitative estimate of drug-likeness (QED) is 0.325. The van der Waals surface area contributed by atoms with Crippen LogP contribution in [0.3, 0.4) is 0 Å². The first-order valence-corrected chi connectivity index (χ1v) is 7.13. The number of hydrogen-bond donors (Lipinski definition) is 0. The minimum atomic E-state index is -1.40. The van der Waals surface area contributed by atoms with Crippen molar-refractivity contribution in [2.45, 2.75) is 51.6 Å². The van der Waals surface area contributed by atoms with Gasteiger partial charge in [-0.15, -0.1) is 0 Å². The van der Waals surface area contributed by atoms with Crippen molar-refractivity contribution in [1.29, 1.82) is 0 Å². The molecule has 3 aliphatic heterocycles. The molecule has 0 N–H and O–H groups in total. The number of ether oxygens (including phenoxy) is 4. The van der Waals surface area contributed by atoms with E-state index in [1.165, 1.54) is 7.11 Å². The third-order valence-electron chi connectivity index (χ3n) is 4.78. The average molecular weight is 310 g/mol. The van der Waals surface area contributed by atoms with E-state index in [-0.39, 0.29) is 6.42 Å². The molecule has 3 rings (SSSR count). The molecule has 3 saturated heterocycles. The molecule has 0 aromatic rings. The van der Waals surface area contributed by atoms with Gasteiger partial charge in [-0.3, -0.25) is 9.59 Å². The van der Waals surface area contributed by atoms with E-state index >= 15 is 0 Å². The molecule has 7 heteroatoms. The molecule has 5 atom stereocenters. The van der Waals surface area contributed by atoms with E-state index in [4.69, 9.17) is 18.9 Å². The minimum absolute atomic E-state index is 0.117. The number of esters is 3. The molecule has 3 fully saturated rings. The third-order valence-corrected chi connectivity index (χ3v) is 4.78. The van der Waals surface area contributed by atoms with Crippen LogP contribution in [0.2, 0.25) is 0 Å². The second kappa shape index (κ2) is 4.81. The highest BCUT2D eigenvalue weighted by atomic mass is 16.7. The van der Waals surface area contributed by atoms with Gasteiger partial charge in [0.15, 0.2) is 17.6 Å². The molecule has 22 heavy (non-hydrogen) atoms. The number of methoxy groups -OCH3 is 1. The Morgan fingerprint density at radius 1 is 1.27 bits per heavy atom. The number of rotatable bonds is 3. The molecule has 7 nitrogen and oxygen atoms in total. The molecular formula is C15H18O7. The van der Waals surface area contributed by atoms with Crippen LogP contribution in [0, 0.1) is 5.41 Å². The lowest BCUT2D eigenvalue weighted by molar-refractivity contribution is -0.164. The van der Waals surface area contributed by atoms with Gasteiger partial charge in [-0.25, -0.2) is 4.79 Å². The molecule has 3 aliphatic rings. The SMILES string of the molecule is COC(=O)C12CC3OC1C(OC2=O)C3OC(=O)C(C)=C(C)C. The maximum Gasteiger partial charge on any atom is 0.334 e. The van der Waals surface area contributed by atoms with Crippen LogP contribution in [0.4, 0.5) is 0 Å². The van der Waals surface area contributed by atoms with Crippen molar-refractivity contribution < 1.29 is 33.3 Å². The van der Waals surface area contributed by atoms with Crippen LogP contribution in [0.25, 0.3) is 0 Å². The van der Waals surface area contributed by atoms with E-state index in [0.717, 1.165) is 5.57 Å². The Morgan fingerprint density at radius 3 is 2.55 bits per heavy atom. The fourth-order valence-corrected chi connectivity index (χ4v) is 3.30. The number of carbonyl (C=O) groups is 3. The zero-order chi connectivity index (χ0) is 16.2. The highest BCUT2D eigenvalue weighted by Crippen LogP contribution is 2.55. The monoisotopic (exact) mass is 310 g/mol. The molecular weight excluding hydrogens is 292 g/mol. The van der Waals surface area contributed by atoms with Crippen LogP contribution >= 0.6 is 0 Å². The summed E-state index contributed by atoms with van der Waals surface area (Å²) < 4.78 is 21.1. The summed E-state index contributed by atoms with van der Waals surface area (Å²) >= 11 is 0. The molecule has 0 aromatic heterocycles. The van der Waals surface area contributed by atoms with Crippen molar-refractivity contribution in [2.24, 2.45) is 5.41 Å². The van der Waals surface area contributed by atoms with E-state index in [1.807, 2.05) is 13.8 Å². The summed E-state index contributed by atoms with van der Waals surface area (Å²) in [6.07, 6.45) is -2.60. The zero-order valence-corrected chi connectivity index (χ0v) is 12.9. The third kappa shape index (κ3) is 1.75. The Morgan fingerprint density at radius 2 is 1.95 bits per heavy atom. The van der Waals surface area contributed by atoms with Gasteiger partial charge >= 0.3 is 17.9 Å². The van der Waals surface area contributed by atoms with Gasteiger partial charge in [0.2, 0.25) is 0 Å². The molecule has 3 heterocycles. The van der Waals surface area contributed by atoms with Gasteiger partial charge in [-0.2, -0.15) is 0 Å². The summed E-state index contributed by atoms with van der Waals surface area (Å²) in [4.78, 5) is 36.2. The van der Waals surface area contributed by atoms with Gasteiger partial charge in [0.1, 0.15) is 12.2 Å². The number of carbonyl (C=O) groups excluding carboxylic acids is 3. The van der Waals surface area contributed by atoms with Crippen molar-refractivity contribution >= 4 is 17.9 Å². The van der Waals surface area contributed by atoms with Crippen LogP contribution in [-0.4, -0.2) is 49.4 Å². The highest BCUT2D eigenvalue weighted by molar-refractivity contribution is 6.03. The zero-order valence-electron chi connectivity index (χ0n) is 12.9. The Kier molecular flexibility index (Phi) is 3.28. The smallest absolute Gasteiger partial charge is 0.334 e. The van der Waals surface area contributed by atoms with Crippen molar-refractivity contribution in [3.63, 3.8) is 0 Å². The topological polar surface area (TPSA) is 88.1 Å². The van der Waals surface area contributed by atoms with Crippen molar-refractivity contribution in [3.05, 3.63) is 11.1 Å². The summed E-state index contributed by atoms with van der Waals surface area (Å²) in [5, 5.41) is 0. The van der Waals surface area contributed by atoms with Gasteiger partial charge in [0, 0.05) is 12.0 Å². The maximum atomic E-state index is 12.1. The summed E-state index contributed by atoms with van der Waals surface area (Å²) in [6.45, 7) is 5.29. The average Bonchev–Trinajstić information content (AvgIpc) is 3.07. The molecule has 0 spiro atoms. The minimum Gasteiger partial charge on any atom is -0.468 e. The largest absolute Gasteiger partial charge is 0.468 e. The molecule has 0 aromatic carbocycles. The molecule has 0 saturated carbocycles. The summed E-state index contributed by atoms with van der Waals surface area (Å²) in [6, 6.07) is 0. The lowest BCUT2D eigenvalue weighted by atomic mass is 9.74. The first-order valence-electron chi connectivity index (χ1n) is 7.13. The summed E-state index contributed by atoms with van der Waals surface area (Å²) in [7, 11) is 1.22. The lowest BCUT2D eigenvalue weighted by Gasteiger charge is -2.26. The number of allylic oxidation sites excluding steroid dienone is 1. The van der Waals surface area contributed by atoms with Crippen molar-refractivity contribution in [2.75, 3.05) is 7.11 Å². The normalized spacial score (nSPS) is 37.7. The Bertz CT molecular complexity index is 589. The Balaban J connectivity index is 1.83. The second-order valence-electron chi connectivity index (χ2n) is 6.13. The summed E-state index contributed by atoms with van der Waals surface area (Å²) in [5.41, 5.74) is -0.0498. The molecule has 0 radical (unpaired) electrons. The fraction of sp³-hybridized carbons (Fsp3) is 0.667. The first-order chi connectivity index (χ1) is 10.3. The van der Waals surface area contributed by atoms with Crippen LogP contribution in [0.15, 0.2) is 11.1 Å². The van der Waals surface area contributed by atoms with Crippen LogP contribution in [-0.2, 0) is 33.3 Å².